The molecule has 0 bridgehead atoms. The summed E-state index contributed by atoms with van der Waals surface area (Å²) in [4.78, 5) is 21.5. The number of rotatable bonds is 5. The van der Waals surface area contributed by atoms with Crippen LogP contribution in [0.3, 0.4) is 0 Å². The first kappa shape index (κ1) is 19.4. The van der Waals surface area contributed by atoms with Crippen LogP contribution < -0.4 is 4.90 Å². The number of oxazole rings is 1. The Morgan fingerprint density at radius 3 is 2.61 bits per heavy atom. The van der Waals surface area contributed by atoms with E-state index in [1.54, 1.807) is 0 Å². The molecule has 0 N–H and O–H groups in total. The van der Waals surface area contributed by atoms with Crippen molar-refractivity contribution in [2.45, 2.75) is 19.4 Å². The molecule has 1 aliphatic rings. The van der Waals surface area contributed by atoms with E-state index in [2.05, 4.69) is 15.0 Å². The van der Waals surface area contributed by atoms with Gasteiger partial charge in [0.2, 0.25) is 5.91 Å². The molecular weight excluding hydrogens is 390 g/mol. The van der Waals surface area contributed by atoms with Crippen molar-refractivity contribution in [3.8, 4) is 5.69 Å². The minimum Gasteiger partial charge on any atom is -0.423 e. The van der Waals surface area contributed by atoms with Crippen molar-refractivity contribution in [2.24, 2.45) is 5.92 Å². The van der Waals surface area contributed by atoms with Crippen LogP contribution in [0, 0.1) is 5.92 Å². The van der Waals surface area contributed by atoms with Gasteiger partial charge in [0.25, 0.3) is 6.01 Å². The molecule has 0 atom stereocenters. The SMILES string of the molecule is CN(Cc1cnn(-c2ccccc2)c1)C(=O)C1CCN(c2nc3ccccc3o2)CC1. The summed E-state index contributed by atoms with van der Waals surface area (Å²) >= 11 is 0. The largest absolute Gasteiger partial charge is 0.423 e. The summed E-state index contributed by atoms with van der Waals surface area (Å²) in [5.74, 6) is 0.208. The number of carbonyl (C=O) groups excluding carboxylic acids is 1. The molecule has 3 heterocycles. The minimum atomic E-state index is 0.0230. The zero-order valence-corrected chi connectivity index (χ0v) is 17.5. The maximum atomic E-state index is 13.0. The first-order chi connectivity index (χ1) is 15.2. The highest BCUT2D eigenvalue weighted by atomic mass is 16.4. The van der Waals surface area contributed by atoms with E-state index >= 15 is 0 Å². The van der Waals surface area contributed by atoms with Gasteiger partial charge in [0.05, 0.1) is 11.9 Å². The molecule has 0 unspecified atom stereocenters. The smallest absolute Gasteiger partial charge is 0.298 e. The number of nitrogens with zero attached hydrogens (tertiary/aromatic N) is 5. The third kappa shape index (κ3) is 4.03. The number of hydrogen-bond acceptors (Lipinski definition) is 5. The maximum absolute atomic E-state index is 13.0. The van der Waals surface area contributed by atoms with E-state index < -0.39 is 0 Å². The van der Waals surface area contributed by atoms with Crippen LogP contribution in [0.5, 0.6) is 0 Å². The molecule has 158 valence electrons. The van der Waals surface area contributed by atoms with Crippen molar-refractivity contribution < 1.29 is 9.21 Å². The Bertz CT molecular complexity index is 1140. The summed E-state index contributed by atoms with van der Waals surface area (Å²) in [6.45, 7) is 2.09. The molecule has 2 aromatic carbocycles. The van der Waals surface area contributed by atoms with E-state index in [4.69, 9.17) is 4.42 Å². The summed E-state index contributed by atoms with van der Waals surface area (Å²) in [5.41, 5.74) is 3.69. The van der Waals surface area contributed by atoms with Gasteiger partial charge in [0.15, 0.2) is 5.58 Å². The van der Waals surface area contributed by atoms with Gasteiger partial charge < -0.3 is 14.2 Å². The minimum absolute atomic E-state index is 0.0230. The zero-order chi connectivity index (χ0) is 21.2. The fourth-order valence-electron chi connectivity index (χ4n) is 4.14. The van der Waals surface area contributed by atoms with Crippen LogP contribution in [-0.4, -0.2) is 45.7 Å². The number of hydrogen-bond donors (Lipinski definition) is 0. The molecular formula is C24H25N5O2. The van der Waals surface area contributed by atoms with Gasteiger partial charge in [-0.05, 0) is 37.1 Å². The molecule has 31 heavy (non-hydrogen) atoms. The molecule has 7 heteroatoms. The lowest BCUT2D eigenvalue weighted by atomic mass is 9.95. The second-order valence-electron chi connectivity index (χ2n) is 8.05. The number of piperidine rings is 1. The molecule has 7 nitrogen and oxygen atoms in total. The van der Waals surface area contributed by atoms with Crippen LogP contribution in [0.25, 0.3) is 16.8 Å². The number of amides is 1. The predicted molar refractivity (Wildman–Crippen MR) is 119 cm³/mol. The lowest BCUT2D eigenvalue weighted by Gasteiger charge is -2.32. The predicted octanol–water partition coefficient (Wildman–Crippen LogP) is 3.89. The molecule has 1 saturated heterocycles. The van der Waals surface area contributed by atoms with Crippen molar-refractivity contribution in [2.75, 3.05) is 25.0 Å². The number of anilines is 1. The monoisotopic (exact) mass is 415 g/mol. The normalized spacial score (nSPS) is 14.8. The number of benzene rings is 2. The summed E-state index contributed by atoms with van der Waals surface area (Å²) in [6.07, 6.45) is 5.40. The van der Waals surface area contributed by atoms with E-state index in [0.717, 1.165) is 48.3 Å². The maximum Gasteiger partial charge on any atom is 0.298 e. The van der Waals surface area contributed by atoms with Crippen molar-refractivity contribution >= 4 is 23.0 Å². The summed E-state index contributed by atoms with van der Waals surface area (Å²) in [6, 6.07) is 18.4. The van der Waals surface area contributed by atoms with Crippen LogP contribution in [0.1, 0.15) is 18.4 Å². The van der Waals surface area contributed by atoms with Gasteiger partial charge in [-0.15, -0.1) is 0 Å². The first-order valence-electron chi connectivity index (χ1n) is 10.6. The molecule has 0 spiro atoms. The fraction of sp³-hybridized carbons (Fsp3) is 0.292. The Morgan fingerprint density at radius 1 is 1.10 bits per heavy atom. The standard InChI is InChI=1S/C24H25N5O2/c1-27(16-18-15-25-29(17-18)20-7-3-2-4-8-20)23(30)19-11-13-28(14-12-19)24-26-21-9-5-6-10-22(21)31-24/h2-10,15,17,19H,11-14,16H2,1H3. The Kier molecular flexibility index (Phi) is 5.16. The Labute approximate surface area is 180 Å². The number of fused-ring (bicyclic) bond motifs is 1. The highest BCUT2D eigenvalue weighted by molar-refractivity contribution is 5.79. The van der Waals surface area contributed by atoms with Gasteiger partial charge in [-0.2, -0.15) is 10.1 Å². The van der Waals surface area contributed by atoms with Crippen LogP contribution in [-0.2, 0) is 11.3 Å². The number of aromatic nitrogens is 3. The van der Waals surface area contributed by atoms with E-state index in [9.17, 15) is 4.79 Å². The van der Waals surface area contributed by atoms with E-state index in [-0.39, 0.29) is 11.8 Å². The number of para-hydroxylation sites is 3. The highest BCUT2D eigenvalue weighted by Crippen LogP contribution is 2.27. The lowest BCUT2D eigenvalue weighted by Crippen LogP contribution is -2.41. The second-order valence-corrected chi connectivity index (χ2v) is 8.05. The molecule has 1 amide bonds. The molecule has 5 rings (SSSR count). The van der Waals surface area contributed by atoms with Gasteiger partial charge in [0.1, 0.15) is 5.52 Å². The Morgan fingerprint density at radius 2 is 1.84 bits per heavy atom. The van der Waals surface area contributed by atoms with E-state index in [1.807, 2.05) is 83.6 Å². The van der Waals surface area contributed by atoms with Gasteiger partial charge in [-0.3, -0.25) is 4.79 Å². The second kappa shape index (κ2) is 8.26. The summed E-state index contributed by atoms with van der Waals surface area (Å²) < 4.78 is 7.72. The molecule has 2 aromatic heterocycles. The Hall–Kier alpha value is -3.61. The van der Waals surface area contributed by atoms with Crippen LogP contribution in [0.2, 0.25) is 0 Å². The molecule has 0 saturated carbocycles. The van der Waals surface area contributed by atoms with Crippen molar-refractivity contribution in [1.82, 2.24) is 19.7 Å². The van der Waals surface area contributed by atoms with Gasteiger partial charge in [-0.1, -0.05) is 30.3 Å². The van der Waals surface area contributed by atoms with Gasteiger partial charge in [-0.25, -0.2) is 4.68 Å². The van der Waals surface area contributed by atoms with E-state index in [0.29, 0.717) is 12.6 Å². The topological polar surface area (TPSA) is 67.4 Å². The summed E-state index contributed by atoms with van der Waals surface area (Å²) in [5, 5.41) is 4.43. The molecule has 0 aliphatic carbocycles. The van der Waals surface area contributed by atoms with Crippen molar-refractivity contribution in [3.05, 3.63) is 72.6 Å². The van der Waals surface area contributed by atoms with Gasteiger partial charge in [0, 0.05) is 44.4 Å². The molecule has 1 fully saturated rings. The quantitative estimate of drug-likeness (QED) is 0.495. The van der Waals surface area contributed by atoms with Crippen LogP contribution in [0.15, 0.2) is 71.4 Å². The Balaban J connectivity index is 1.18. The third-order valence-electron chi connectivity index (χ3n) is 5.85. The molecule has 0 radical (unpaired) electrons. The van der Waals surface area contributed by atoms with Crippen LogP contribution >= 0.6 is 0 Å². The number of carbonyl (C=O) groups is 1. The summed E-state index contributed by atoms with van der Waals surface area (Å²) in [7, 11) is 1.87. The lowest BCUT2D eigenvalue weighted by molar-refractivity contribution is -0.135. The highest BCUT2D eigenvalue weighted by Gasteiger charge is 2.29. The molecule has 4 aromatic rings. The zero-order valence-electron chi connectivity index (χ0n) is 17.5. The first-order valence-corrected chi connectivity index (χ1v) is 10.6. The van der Waals surface area contributed by atoms with Crippen molar-refractivity contribution in [3.63, 3.8) is 0 Å². The van der Waals surface area contributed by atoms with E-state index in [1.165, 1.54) is 0 Å². The van der Waals surface area contributed by atoms with Crippen molar-refractivity contribution in [1.29, 1.82) is 0 Å². The molecule has 1 aliphatic heterocycles. The third-order valence-corrected chi connectivity index (χ3v) is 5.85. The average Bonchev–Trinajstić information content (AvgIpc) is 3.46. The van der Waals surface area contributed by atoms with Gasteiger partial charge >= 0.3 is 0 Å². The average molecular weight is 415 g/mol. The van der Waals surface area contributed by atoms with Crippen LogP contribution in [0.4, 0.5) is 6.01 Å². The fourth-order valence-corrected chi connectivity index (χ4v) is 4.14.